The molecule has 1 fully saturated rings. The summed E-state index contributed by atoms with van der Waals surface area (Å²) < 4.78 is 34.0. The Morgan fingerprint density at radius 3 is 2.52 bits per heavy atom. The summed E-state index contributed by atoms with van der Waals surface area (Å²) in [5.74, 6) is -3.34. The molecule has 33 heavy (non-hydrogen) atoms. The number of anilines is 1. The van der Waals surface area contributed by atoms with Crippen LogP contribution >= 0.6 is 11.3 Å². The summed E-state index contributed by atoms with van der Waals surface area (Å²) in [6.07, 6.45) is 0. The smallest absolute Gasteiger partial charge is 0.300 e. The van der Waals surface area contributed by atoms with Crippen LogP contribution in [0, 0.1) is 11.6 Å². The summed E-state index contributed by atoms with van der Waals surface area (Å²) in [4.78, 5) is 27.6. The summed E-state index contributed by atoms with van der Waals surface area (Å²) >= 11 is 1.24. The third-order valence-electron chi connectivity index (χ3n) is 5.55. The van der Waals surface area contributed by atoms with Crippen molar-refractivity contribution in [1.29, 1.82) is 0 Å². The van der Waals surface area contributed by atoms with Gasteiger partial charge < -0.3 is 9.84 Å². The highest BCUT2D eigenvalue weighted by Gasteiger charge is 2.48. The van der Waals surface area contributed by atoms with Crippen molar-refractivity contribution < 1.29 is 28.2 Å². The van der Waals surface area contributed by atoms with E-state index in [0.29, 0.717) is 16.2 Å². The Balaban J connectivity index is 1.95. The van der Waals surface area contributed by atoms with Gasteiger partial charge in [-0.15, -0.1) is 11.3 Å². The van der Waals surface area contributed by atoms with Crippen molar-refractivity contribution in [1.82, 2.24) is 0 Å². The largest absolute Gasteiger partial charge is 0.507 e. The van der Waals surface area contributed by atoms with Gasteiger partial charge in [-0.25, -0.2) is 8.78 Å². The molecule has 1 saturated heterocycles. The molecule has 1 unspecified atom stereocenters. The fraction of sp³-hybridized carbons (Fsp3) is 0.200. The number of carbonyl (C=O) groups excluding carboxylic acids is 2. The lowest BCUT2D eigenvalue weighted by atomic mass is 9.95. The van der Waals surface area contributed by atoms with Crippen LogP contribution in [-0.2, 0) is 9.59 Å². The molecular formula is C25H21F2NO4S. The minimum atomic E-state index is -1.11. The van der Waals surface area contributed by atoms with Gasteiger partial charge in [0, 0.05) is 16.5 Å². The number of rotatable bonds is 5. The van der Waals surface area contributed by atoms with E-state index in [4.69, 9.17) is 4.74 Å². The van der Waals surface area contributed by atoms with Crippen molar-refractivity contribution in [2.45, 2.75) is 25.8 Å². The number of carbonyl (C=O) groups is 2. The topological polar surface area (TPSA) is 66.8 Å². The Morgan fingerprint density at radius 1 is 1.12 bits per heavy atom. The fourth-order valence-corrected chi connectivity index (χ4v) is 4.78. The van der Waals surface area contributed by atoms with Crippen LogP contribution in [-0.4, -0.2) is 23.9 Å². The molecule has 0 saturated carbocycles. The number of hydrogen-bond donors (Lipinski definition) is 1. The first-order valence-electron chi connectivity index (χ1n) is 10.2. The van der Waals surface area contributed by atoms with Gasteiger partial charge in [0.25, 0.3) is 11.7 Å². The number of aliphatic hydroxyl groups is 1. The zero-order valence-electron chi connectivity index (χ0n) is 18.1. The highest BCUT2D eigenvalue weighted by molar-refractivity contribution is 7.10. The van der Waals surface area contributed by atoms with Crippen molar-refractivity contribution >= 4 is 34.5 Å². The molecule has 1 N–H and O–H groups in total. The minimum Gasteiger partial charge on any atom is -0.507 e. The number of amides is 1. The van der Waals surface area contributed by atoms with Gasteiger partial charge in [0.1, 0.15) is 29.2 Å². The Hall–Kier alpha value is -3.52. The Bertz CT molecular complexity index is 1270. The number of aliphatic hydroxyl groups excluding tert-OH is 1. The van der Waals surface area contributed by atoms with Crippen molar-refractivity contribution in [2.24, 2.45) is 0 Å². The maximum atomic E-state index is 14.7. The number of ether oxygens (including phenoxy) is 1. The summed E-state index contributed by atoms with van der Waals surface area (Å²) in [5, 5.41) is 12.9. The number of benzene rings is 2. The number of nitrogens with zero attached hydrogens (tertiary/aromatic N) is 1. The van der Waals surface area contributed by atoms with Crippen LogP contribution in [0.2, 0.25) is 0 Å². The van der Waals surface area contributed by atoms with E-state index in [1.807, 2.05) is 13.8 Å². The minimum absolute atomic E-state index is 0.0598. The van der Waals surface area contributed by atoms with Gasteiger partial charge >= 0.3 is 0 Å². The van der Waals surface area contributed by atoms with Gasteiger partial charge in [-0.1, -0.05) is 19.9 Å². The SMILES string of the molecule is COc1ccc(/C(O)=C2/C(=O)C(=O)N(c3cc(F)ccc3F)C2c2cccs2)cc1C(C)C. The van der Waals surface area contributed by atoms with Crippen molar-refractivity contribution in [3.63, 3.8) is 0 Å². The summed E-state index contributed by atoms with van der Waals surface area (Å²) in [6.45, 7) is 3.91. The molecule has 2 aromatic carbocycles. The van der Waals surface area contributed by atoms with Gasteiger partial charge in [0.15, 0.2) is 0 Å². The van der Waals surface area contributed by atoms with Crippen LogP contribution in [0.15, 0.2) is 59.5 Å². The average Bonchev–Trinajstić information content (AvgIpc) is 3.41. The standard InChI is InChI=1S/C25H21F2NO4S/c1-13(2)16-11-14(6-9-19(16)32-3)23(29)21-22(20-5-4-10-33-20)28(25(31)24(21)30)18-12-15(26)7-8-17(18)27/h4-13,22,29H,1-3H3/b23-21-. The van der Waals surface area contributed by atoms with Gasteiger partial charge in [0.2, 0.25) is 0 Å². The Labute approximate surface area is 193 Å². The van der Waals surface area contributed by atoms with Crippen LogP contribution in [0.5, 0.6) is 5.75 Å². The van der Waals surface area contributed by atoms with Crippen LogP contribution < -0.4 is 9.64 Å². The molecule has 0 bridgehead atoms. The first-order chi connectivity index (χ1) is 15.7. The van der Waals surface area contributed by atoms with Crippen LogP contribution in [0.4, 0.5) is 14.5 Å². The molecular weight excluding hydrogens is 448 g/mol. The lowest BCUT2D eigenvalue weighted by molar-refractivity contribution is -0.132. The number of halogens is 2. The second-order valence-electron chi connectivity index (χ2n) is 7.89. The molecule has 1 atom stereocenters. The first-order valence-corrected chi connectivity index (χ1v) is 11.1. The van der Waals surface area contributed by atoms with Crippen LogP contribution in [0.25, 0.3) is 5.76 Å². The lowest BCUT2D eigenvalue weighted by Crippen LogP contribution is -2.30. The molecule has 1 aromatic heterocycles. The predicted molar refractivity (Wildman–Crippen MR) is 123 cm³/mol. The fourth-order valence-electron chi connectivity index (χ4n) is 3.96. The van der Waals surface area contributed by atoms with Crippen LogP contribution in [0.3, 0.4) is 0 Å². The molecule has 1 amide bonds. The molecule has 4 rings (SSSR count). The molecule has 3 aromatic rings. The highest BCUT2D eigenvalue weighted by atomic mass is 32.1. The van der Waals surface area contributed by atoms with Crippen molar-refractivity contribution in [2.75, 3.05) is 12.0 Å². The lowest BCUT2D eigenvalue weighted by Gasteiger charge is -2.24. The normalized spacial score (nSPS) is 17.8. The van der Waals surface area contributed by atoms with Gasteiger partial charge in [-0.2, -0.15) is 0 Å². The molecule has 170 valence electrons. The van der Waals surface area contributed by atoms with Gasteiger partial charge in [0.05, 0.1) is 18.4 Å². The molecule has 2 heterocycles. The Kier molecular flexibility index (Phi) is 6.03. The van der Waals surface area contributed by atoms with E-state index in [1.54, 1.807) is 35.7 Å². The second kappa shape index (κ2) is 8.78. The number of thiophene rings is 1. The third kappa shape index (κ3) is 3.91. The molecule has 0 spiro atoms. The molecule has 1 aliphatic rings. The van der Waals surface area contributed by atoms with Crippen molar-refractivity contribution in [3.05, 3.63) is 87.1 Å². The quantitative estimate of drug-likeness (QED) is 0.292. The zero-order valence-corrected chi connectivity index (χ0v) is 19.0. The summed E-state index contributed by atoms with van der Waals surface area (Å²) in [7, 11) is 1.54. The molecule has 5 nitrogen and oxygen atoms in total. The predicted octanol–water partition coefficient (Wildman–Crippen LogP) is 5.78. The van der Waals surface area contributed by atoms with E-state index >= 15 is 0 Å². The number of hydrogen-bond acceptors (Lipinski definition) is 5. The average molecular weight is 470 g/mol. The molecule has 0 aliphatic carbocycles. The van der Waals surface area contributed by atoms with Crippen LogP contribution in [0.1, 0.15) is 41.8 Å². The summed E-state index contributed by atoms with van der Waals surface area (Å²) in [6, 6.07) is 9.93. The van der Waals surface area contributed by atoms with E-state index in [9.17, 15) is 23.5 Å². The zero-order chi connectivity index (χ0) is 23.9. The van der Waals surface area contributed by atoms with E-state index in [1.165, 1.54) is 18.4 Å². The maximum Gasteiger partial charge on any atom is 0.300 e. The third-order valence-corrected chi connectivity index (χ3v) is 6.47. The summed E-state index contributed by atoms with van der Waals surface area (Å²) in [5.41, 5.74) is 0.566. The first kappa shape index (κ1) is 22.7. The van der Waals surface area contributed by atoms with Crippen molar-refractivity contribution in [3.8, 4) is 5.75 Å². The number of Topliss-reactive ketones (excluding diaryl/α,β-unsaturated/α-hetero) is 1. The highest BCUT2D eigenvalue weighted by Crippen LogP contribution is 2.44. The van der Waals surface area contributed by atoms with E-state index < -0.39 is 35.1 Å². The van der Waals surface area contributed by atoms with E-state index in [2.05, 4.69) is 0 Å². The van der Waals surface area contributed by atoms with E-state index in [-0.39, 0.29) is 17.2 Å². The number of methoxy groups -OCH3 is 1. The van der Waals surface area contributed by atoms with Gasteiger partial charge in [-0.05, 0) is 53.3 Å². The molecule has 1 aliphatic heterocycles. The molecule has 0 radical (unpaired) electrons. The second-order valence-corrected chi connectivity index (χ2v) is 8.87. The monoisotopic (exact) mass is 469 g/mol. The number of ketones is 1. The van der Waals surface area contributed by atoms with E-state index in [0.717, 1.165) is 28.7 Å². The van der Waals surface area contributed by atoms with Gasteiger partial charge in [-0.3, -0.25) is 14.5 Å². The molecule has 8 heteroatoms. The maximum absolute atomic E-state index is 14.7. The Morgan fingerprint density at radius 2 is 1.88 bits per heavy atom.